The molecule has 0 bridgehead atoms. The molecule has 0 aromatic carbocycles. The highest BCUT2D eigenvalue weighted by molar-refractivity contribution is 5.67. The Labute approximate surface area is 305 Å². The summed E-state index contributed by atoms with van der Waals surface area (Å²) in [7, 11) is 0. The van der Waals surface area contributed by atoms with Crippen molar-refractivity contribution in [3.05, 3.63) is 33.9 Å². The predicted molar refractivity (Wildman–Crippen MR) is 194 cm³/mol. The minimum absolute atomic E-state index is 0.00919. The standard InChI is InChI=1S/C33H43N19O/c1-30(2,3)19-15(13-34)25(47-43-19)45-41-17-21(32(7,8)9)49-51(23(17)36)27-38-28(40-29(53)39-27)52-24(37)18(22(50-52)33(10,11)12)42-46-26-16(14-35)20(44-48-26)31(4,5)6/h36-37H2,1-12H3,(H,43,47)(H,44,48)(H,38,39,40,53)/b45-41+,46-42+. The number of aromatic hydroxyl groups is 1. The first-order chi connectivity index (χ1) is 24.5. The highest BCUT2D eigenvalue weighted by Gasteiger charge is 2.32. The highest BCUT2D eigenvalue weighted by atomic mass is 16.3. The second-order valence-corrected chi connectivity index (χ2v) is 16.4. The molecule has 0 saturated carbocycles. The third-order valence-corrected chi connectivity index (χ3v) is 7.83. The molecule has 20 nitrogen and oxygen atoms in total. The number of aromatic nitrogens is 11. The smallest absolute Gasteiger partial charge is 0.320 e. The number of nitrogens with zero attached hydrogens (tertiary/aromatic N) is 15. The Balaban J connectivity index is 1.62. The van der Waals surface area contributed by atoms with Crippen molar-refractivity contribution in [1.29, 1.82) is 10.5 Å². The first-order valence-electron chi connectivity index (χ1n) is 16.5. The van der Waals surface area contributed by atoms with Gasteiger partial charge < -0.3 is 16.6 Å². The number of nitrogens with two attached hydrogens (primary N) is 2. The summed E-state index contributed by atoms with van der Waals surface area (Å²) in [4.78, 5) is 12.7. The minimum atomic E-state index is -0.674. The van der Waals surface area contributed by atoms with Gasteiger partial charge in [0.2, 0.25) is 0 Å². The number of nitriles is 2. The summed E-state index contributed by atoms with van der Waals surface area (Å²) in [6.45, 7) is 23.0. The number of hydrogen-bond acceptors (Lipinski definition) is 16. The van der Waals surface area contributed by atoms with Gasteiger partial charge in [0.1, 0.15) is 23.3 Å². The fourth-order valence-electron chi connectivity index (χ4n) is 5.20. The maximum atomic E-state index is 10.7. The third-order valence-electron chi connectivity index (χ3n) is 7.83. The van der Waals surface area contributed by atoms with Crippen molar-refractivity contribution in [3.8, 4) is 30.0 Å². The van der Waals surface area contributed by atoms with Gasteiger partial charge in [-0.2, -0.15) is 55.2 Å². The lowest BCUT2D eigenvalue weighted by atomic mass is 9.89. The van der Waals surface area contributed by atoms with E-state index < -0.39 is 27.7 Å². The van der Waals surface area contributed by atoms with Crippen LogP contribution in [0.5, 0.6) is 6.01 Å². The Hall–Kier alpha value is -6.57. The molecule has 0 saturated heterocycles. The van der Waals surface area contributed by atoms with E-state index in [0.717, 1.165) is 0 Å². The Bertz CT molecular complexity index is 2180. The third kappa shape index (κ3) is 7.16. The van der Waals surface area contributed by atoms with E-state index in [1.807, 2.05) is 83.1 Å². The molecule has 5 aromatic rings. The molecule has 0 unspecified atom stereocenters. The van der Waals surface area contributed by atoms with Gasteiger partial charge in [0, 0.05) is 21.7 Å². The molecule has 20 heteroatoms. The summed E-state index contributed by atoms with van der Waals surface area (Å²) in [6, 6.07) is 3.63. The van der Waals surface area contributed by atoms with Crippen LogP contribution in [0.25, 0.3) is 11.9 Å². The van der Waals surface area contributed by atoms with Gasteiger partial charge in [0.15, 0.2) is 34.6 Å². The van der Waals surface area contributed by atoms with Crippen molar-refractivity contribution in [2.75, 3.05) is 11.5 Å². The fourth-order valence-corrected chi connectivity index (χ4v) is 5.20. The highest BCUT2D eigenvalue weighted by Crippen LogP contribution is 2.40. The zero-order valence-corrected chi connectivity index (χ0v) is 31.8. The van der Waals surface area contributed by atoms with Gasteiger partial charge in [-0.3, -0.25) is 10.2 Å². The SMILES string of the molecule is CC(C)(C)c1n[nH]c(/N=N/c2c(C(C)(C)C)nn(-c3nc(O)nc(-n4nc(C(C)(C)C)c(/N=N/c5[nH]nc(C(C)(C)C)c5C#N)c4N)n3)c2N)c1C#N. The van der Waals surface area contributed by atoms with Crippen LogP contribution in [-0.2, 0) is 21.7 Å². The maximum absolute atomic E-state index is 10.7. The van der Waals surface area contributed by atoms with Crippen LogP contribution < -0.4 is 11.5 Å². The number of aromatic amines is 2. The lowest BCUT2D eigenvalue weighted by Crippen LogP contribution is -2.16. The number of hydrogen-bond donors (Lipinski definition) is 5. The molecule has 0 aliphatic heterocycles. The molecule has 0 fully saturated rings. The van der Waals surface area contributed by atoms with Gasteiger partial charge in [-0.15, -0.1) is 20.5 Å². The summed E-state index contributed by atoms with van der Waals surface area (Å²) >= 11 is 0. The molecule has 0 atom stereocenters. The maximum Gasteiger partial charge on any atom is 0.320 e. The molecule has 5 aromatic heterocycles. The quantitative estimate of drug-likeness (QED) is 0.120. The largest absolute Gasteiger partial charge is 0.479 e. The van der Waals surface area contributed by atoms with Gasteiger partial charge in [0.05, 0.1) is 22.8 Å². The van der Waals surface area contributed by atoms with Gasteiger partial charge in [0.25, 0.3) is 11.9 Å². The Morgan fingerprint density at radius 2 is 0.906 bits per heavy atom. The molecular weight excluding hydrogens is 678 g/mol. The van der Waals surface area contributed by atoms with E-state index in [-0.39, 0.29) is 57.7 Å². The summed E-state index contributed by atoms with van der Waals surface area (Å²) in [5.74, 6) is -0.0466. The van der Waals surface area contributed by atoms with Crippen LogP contribution in [0, 0.1) is 22.7 Å². The normalized spacial score (nSPS) is 12.9. The van der Waals surface area contributed by atoms with E-state index >= 15 is 0 Å². The van der Waals surface area contributed by atoms with Crippen molar-refractivity contribution < 1.29 is 5.11 Å². The topological polar surface area (TPSA) is 301 Å². The molecule has 5 heterocycles. The summed E-state index contributed by atoms with van der Waals surface area (Å²) in [5, 5.41) is 71.3. The second-order valence-electron chi connectivity index (χ2n) is 16.4. The van der Waals surface area contributed by atoms with Crippen LogP contribution in [0.3, 0.4) is 0 Å². The summed E-state index contributed by atoms with van der Waals surface area (Å²) < 4.78 is 2.38. The number of nitrogen functional groups attached to an aromatic ring is 2. The average Bonchev–Trinajstić information content (AvgIpc) is 3.80. The Morgan fingerprint density at radius 1 is 0.566 bits per heavy atom. The second kappa shape index (κ2) is 12.9. The first kappa shape index (κ1) is 37.7. The fraction of sp³-hybridized carbons (Fsp3) is 0.485. The molecule has 0 spiro atoms. The summed E-state index contributed by atoms with van der Waals surface area (Å²) in [6.07, 6.45) is 0. The number of rotatable bonds is 6. The van der Waals surface area contributed by atoms with Crippen LogP contribution in [0.15, 0.2) is 20.5 Å². The average molecular weight is 722 g/mol. The van der Waals surface area contributed by atoms with Crippen molar-refractivity contribution >= 4 is 34.6 Å². The molecular formula is C33H43N19O. The van der Waals surface area contributed by atoms with Crippen molar-refractivity contribution in [2.45, 2.75) is 105 Å². The van der Waals surface area contributed by atoms with E-state index in [4.69, 9.17) is 11.5 Å². The van der Waals surface area contributed by atoms with Gasteiger partial charge >= 0.3 is 6.01 Å². The Morgan fingerprint density at radius 3 is 1.21 bits per heavy atom. The number of azo groups is 2. The number of anilines is 2. The van der Waals surface area contributed by atoms with Gasteiger partial charge in [-0.1, -0.05) is 83.1 Å². The van der Waals surface area contributed by atoms with Crippen molar-refractivity contribution in [1.82, 2.24) is 54.9 Å². The van der Waals surface area contributed by atoms with E-state index in [1.165, 1.54) is 9.36 Å². The molecule has 0 aliphatic rings. The first-order valence-corrected chi connectivity index (χ1v) is 16.5. The lowest BCUT2D eigenvalue weighted by Gasteiger charge is -2.15. The zero-order valence-electron chi connectivity index (χ0n) is 31.8. The number of nitrogens with one attached hydrogen (secondary N) is 2. The molecule has 0 radical (unpaired) electrons. The monoisotopic (exact) mass is 721 g/mol. The van der Waals surface area contributed by atoms with Gasteiger partial charge in [-0.25, -0.2) is 0 Å². The van der Waals surface area contributed by atoms with E-state index in [1.54, 1.807) is 0 Å². The van der Waals surface area contributed by atoms with E-state index in [2.05, 4.69) is 78.1 Å². The lowest BCUT2D eigenvalue weighted by molar-refractivity contribution is 0.423. The van der Waals surface area contributed by atoms with Crippen molar-refractivity contribution in [2.24, 2.45) is 20.5 Å². The molecule has 0 amide bonds. The zero-order chi connectivity index (χ0) is 39.4. The Kier molecular flexibility index (Phi) is 9.16. The van der Waals surface area contributed by atoms with Crippen molar-refractivity contribution in [3.63, 3.8) is 0 Å². The molecule has 5 rings (SSSR count). The molecule has 53 heavy (non-hydrogen) atoms. The van der Waals surface area contributed by atoms with E-state index in [9.17, 15) is 15.6 Å². The van der Waals surface area contributed by atoms with Crippen LogP contribution in [0.4, 0.5) is 34.6 Å². The summed E-state index contributed by atoms with van der Waals surface area (Å²) in [5.41, 5.74) is 14.0. The van der Waals surface area contributed by atoms with Crippen LogP contribution in [0.2, 0.25) is 0 Å². The van der Waals surface area contributed by atoms with Crippen LogP contribution in [0.1, 0.15) is 117 Å². The molecule has 7 N–H and O–H groups in total. The van der Waals surface area contributed by atoms with Crippen LogP contribution in [-0.4, -0.2) is 60.0 Å². The molecule has 276 valence electrons. The predicted octanol–water partition coefficient (Wildman–Crippen LogP) is 6.32. The van der Waals surface area contributed by atoms with Crippen LogP contribution >= 0.6 is 0 Å². The van der Waals surface area contributed by atoms with E-state index in [0.29, 0.717) is 22.8 Å². The minimum Gasteiger partial charge on any atom is -0.479 e. The number of H-pyrrole nitrogens is 2. The van der Waals surface area contributed by atoms with Gasteiger partial charge in [-0.05, 0) is 0 Å². The molecule has 0 aliphatic carbocycles.